The molecule has 15 aromatic carbocycles. The lowest BCUT2D eigenvalue weighted by atomic mass is 9.88. The standard InChI is InChI=1S/C46H31N3.C45H30N2O/c1-28-29(2)49(35-21-19-30-11-3-4-12-31(30)24-35)46-39-17-9-7-15-37(39)41-25-40(36-14-6-8-16-38(36)45(41)44(28)46)33-20-22-43(47-26-33)34-23-32-13-5-10-18-42(32)48-27-34;1-27-28(2)47(33-24-23-29-11-3-4-12-32(29)25-33)44-37-16-8-6-14-35(37)39-26-38(34-13-5-7-15-36(34)43(39)42(27)44)30-19-21-31(22-20-30)45-46-40-17-9-10-18-41(40)48-45/h3-27H,1-2H3;3-26H,1-2H3. The van der Waals surface area contributed by atoms with E-state index < -0.39 is 0 Å². The van der Waals surface area contributed by atoms with Crippen LogP contribution in [0.25, 0.3) is 186 Å². The molecule has 0 spiro atoms. The predicted octanol–water partition coefficient (Wildman–Crippen LogP) is 24.5. The Hall–Kier alpha value is -12.5. The van der Waals surface area contributed by atoms with E-state index in [-0.39, 0.29) is 0 Å². The van der Waals surface area contributed by atoms with Crippen LogP contribution in [0.4, 0.5) is 0 Å². The van der Waals surface area contributed by atoms with Crippen molar-refractivity contribution in [1.82, 2.24) is 24.1 Å². The van der Waals surface area contributed by atoms with E-state index in [4.69, 9.17) is 14.4 Å². The highest BCUT2D eigenvalue weighted by Gasteiger charge is 2.25. The van der Waals surface area contributed by atoms with E-state index in [2.05, 4.69) is 284 Å². The maximum atomic E-state index is 6.08. The second-order valence-electron chi connectivity index (χ2n) is 25.9. The summed E-state index contributed by atoms with van der Waals surface area (Å²) in [5.41, 5.74) is 20.3. The molecule has 0 bridgehead atoms. The van der Waals surface area contributed by atoms with Crippen molar-refractivity contribution in [2.24, 2.45) is 0 Å². The van der Waals surface area contributed by atoms with Gasteiger partial charge in [0.15, 0.2) is 5.58 Å². The number of hydrogen-bond acceptors (Lipinski definition) is 4. The van der Waals surface area contributed by atoms with E-state index in [1.807, 2.05) is 54.9 Å². The van der Waals surface area contributed by atoms with Crippen LogP contribution in [-0.4, -0.2) is 24.1 Å². The summed E-state index contributed by atoms with van der Waals surface area (Å²) in [6.45, 7) is 9.10. The molecule has 0 aliphatic heterocycles. The van der Waals surface area contributed by atoms with Crippen molar-refractivity contribution in [3.63, 3.8) is 0 Å². The number of aryl methyl sites for hydroxylation is 2. The van der Waals surface area contributed by atoms with Crippen LogP contribution in [-0.2, 0) is 0 Å². The topological polar surface area (TPSA) is 61.7 Å². The first kappa shape index (κ1) is 56.1. The molecule has 20 rings (SSSR count). The summed E-state index contributed by atoms with van der Waals surface area (Å²) in [6.07, 6.45) is 3.94. The van der Waals surface area contributed by atoms with Crippen molar-refractivity contribution >= 4 is 130 Å². The number of oxazole rings is 1. The fraction of sp³-hybridized carbons (Fsp3) is 0.0440. The second kappa shape index (κ2) is 22.1. The van der Waals surface area contributed by atoms with E-state index >= 15 is 0 Å². The van der Waals surface area contributed by atoms with Crippen LogP contribution in [0.3, 0.4) is 0 Å². The molecular weight excluding hydrogens is 1180 g/mol. The molecule has 5 aromatic heterocycles. The van der Waals surface area contributed by atoms with Crippen molar-refractivity contribution in [2.75, 3.05) is 0 Å². The molecule has 20 aromatic rings. The minimum absolute atomic E-state index is 0.640. The average molecular weight is 1240 g/mol. The summed E-state index contributed by atoms with van der Waals surface area (Å²) in [4.78, 5) is 14.4. The largest absolute Gasteiger partial charge is 0.436 e. The van der Waals surface area contributed by atoms with Crippen LogP contribution in [0.1, 0.15) is 22.5 Å². The van der Waals surface area contributed by atoms with E-state index in [9.17, 15) is 0 Å². The quantitative estimate of drug-likeness (QED) is 0.156. The van der Waals surface area contributed by atoms with Gasteiger partial charge in [0.25, 0.3) is 0 Å². The summed E-state index contributed by atoms with van der Waals surface area (Å²) in [7, 11) is 0. The summed E-state index contributed by atoms with van der Waals surface area (Å²) in [6, 6.07) is 103. The fourth-order valence-corrected chi connectivity index (χ4v) is 15.8. The molecule has 0 saturated heterocycles. The minimum atomic E-state index is 0.640. The summed E-state index contributed by atoms with van der Waals surface area (Å²) in [5, 5.41) is 23.9. The van der Waals surface area contributed by atoms with Crippen LogP contribution in [0.15, 0.2) is 302 Å². The Balaban J connectivity index is 0.000000136. The van der Waals surface area contributed by atoms with Gasteiger partial charge in [-0.15, -0.1) is 0 Å². The van der Waals surface area contributed by atoms with Crippen LogP contribution in [0.5, 0.6) is 0 Å². The number of fused-ring (bicyclic) bond motifs is 20. The first-order valence-corrected chi connectivity index (χ1v) is 33.3. The Morgan fingerprint density at radius 2 is 0.722 bits per heavy atom. The molecule has 0 amide bonds. The lowest BCUT2D eigenvalue weighted by Gasteiger charge is -2.17. The predicted molar refractivity (Wildman–Crippen MR) is 408 cm³/mol. The molecule has 5 heterocycles. The van der Waals surface area contributed by atoms with Gasteiger partial charge in [0.1, 0.15) is 5.52 Å². The second-order valence-corrected chi connectivity index (χ2v) is 25.9. The third-order valence-corrected chi connectivity index (χ3v) is 20.6. The third-order valence-electron chi connectivity index (χ3n) is 20.6. The minimum Gasteiger partial charge on any atom is -0.436 e. The van der Waals surface area contributed by atoms with Gasteiger partial charge in [-0.2, -0.15) is 0 Å². The SMILES string of the molecule is Cc1c(C)n(-c2ccc3ccccc3c2)c2c3ccccc3c3cc(-c4ccc(-c5cnc6ccccc6c5)nc4)c4ccccc4c3c12.Cc1c(C)n(-c2ccc3ccccc3c2)c2c3ccccc3c3cc(-c4ccc(-c5nc6ccccc6o5)cc4)c4ccccc4c3c12. The van der Waals surface area contributed by atoms with Crippen LogP contribution >= 0.6 is 0 Å². The van der Waals surface area contributed by atoms with E-state index in [0.717, 1.165) is 44.4 Å². The number of nitrogens with zero attached hydrogens (tertiary/aromatic N) is 5. The van der Waals surface area contributed by atoms with Crippen molar-refractivity contribution in [3.05, 3.63) is 320 Å². The maximum Gasteiger partial charge on any atom is 0.227 e. The number of hydrogen-bond donors (Lipinski definition) is 0. The molecule has 0 radical (unpaired) electrons. The van der Waals surface area contributed by atoms with Gasteiger partial charge in [-0.25, -0.2) is 4.98 Å². The van der Waals surface area contributed by atoms with Gasteiger partial charge in [0, 0.05) is 78.8 Å². The lowest BCUT2D eigenvalue weighted by Crippen LogP contribution is -1.97. The van der Waals surface area contributed by atoms with E-state index in [0.29, 0.717) is 5.89 Å². The van der Waals surface area contributed by atoms with Gasteiger partial charge >= 0.3 is 0 Å². The Kier molecular flexibility index (Phi) is 12.7. The summed E-state index contributed by atoms with van der Waals surface area (Å²) < 4.78 is 11.0. The Morgan fingerprint density at radius 3 is 1.26 bits per heavy atom. The first-order chi connectivity index (χ1) is 47.8. The highest BCUT2D eigenvalue weighted by Crippen LogP contribution is 2.49. The molecule has 456 valence electrons. The number of rotatable bonds is 6. The zero-order valence-corrected chi connectivity index (χ0v) is 53.9. The highest BCUT2D eigenvalue weighted by molar-refractivity contribution is 6.35. The molecule has 97 heavy (non-hydrogen) atoms. The molecule has 6 nitrogen and oxygen atoms in total. The molecule has 0 unspecified atom stereocenters. The molecule has 0 saturated carbocycles. The fourth-order valence-electron chi connectivity index (χ4n) is 15.8. The first-order valence-electron chi connectivity index (χ1n) is 33.3. The van der Waals surface area contributed by atoms with Gasteiger partial charge in [0.2, 0.25) is 5.89 Å². The Morgan fingerprint density at radius 1 is 0.289 bits per heavy atom. The third kappa shape index (κ3) is 8.84. The molecule has 0 atom stereocenters. The van der Waals surface area contributed by atoms with Crippen LogP contribution in [0.2, 0.25) is 0 Å². The van der Waals surface area contributed by atoms with Gasteiger partial charge in [0.05, 0.1) is 22.2 Å². The van der Waals surface area contributed by atoms with Gasteiger partial charge < -0.3 is 13.6 Å². The lowest BCUT2D eigenvalue weighted by molar-refractivity contribution is 0.620. The Bertz CT molecular complexity index is 6630. The summed E-state index contributed by atoms with van der Waals surface area (Å²) in [5.74, 6) is 0.640. The number of pyridine rings is 2. The van der Waals surface area contributed by atoms with Crippen molar-refractivity contribution in [1.29, 1.82) is 0 Å². The number of aromatic nitrogens is 5. The molecule has 0 N–H and O–H groups in total. The molecule has 0 aliphatic carbocycles. The van der Waals surface area contributed by atoms with Crippen LogP contribution < -0.4 is 0 Å². The van der Waals surface area contributed by atoms with Gasteiger partial charge in [-0.3, -0.25) is 9.97 Å². The smallest absolute Gasteiger partial charge is 0.227 e. The normalized spacial score (nSPS) is 11.9. The number of benzene rings is 15. The van der Waals surface area contributed by atoms with Gasteiger partial charge in [-0.1, -0.05) is 206 Å². The average Bonchev–Trinajstić information content (AvgIpc) is 1.54. The molecule has 0 fully saturated rings. The zero-order valence-electron chi connectivity index (χ0n) is 53.9. The van der Waals surface area contributed by atoms with E-state index in [1.165, 1.54) is 159 Å². The van der Waals surface area contributed by atoms with Gasteiger partial charge in [-0.05, 0) is 210 Å². The molecule has 6 heteroatoms. The Labute approximate surface area is 559 Å². The number of para-hydroxylation sites is 3. The van der Waals surface area contributed by atoms with Crippen molar-refractivity contribution < 1.29 is 4.42 Å². The monoisotopic (exact) mass is 1240 g/mol. The molecule has 0 aliphatic rings. The van der Waals surface area contributed by atoms with E-state index in [1.54, 1.807) is 0 Å². The maximum absolute atomic E-state index is 6.08. The molecular formula is C91H61N5O. The highest BCUT2D eigenvalue weighted by atomic mass is 16.3. The zero-order chi connectivity index (χ0) is 64.6. The summed E-state index contributed by atoms with van der Waals surface area (Å²) >= 11 is 0. The van der Waals surface area contributed by atoms with Crippen LogP contribution in [0, 0.1) is 27.7 Å². The van der Waals surface area contributed by atoms with Crippen molar-refractivity contribution in [2.45, 2.75) is 27.7 Å². The van der Waals surface area contributed by atoms with Crippen molar-refractivity contribution in [3.8, 4) is 56.3 Å².